The third kappa shape index (κ3) is 6.82. The van der Waals surface area contributed by atoms with Gasteiger partial charge >= 0.3 is 0 Å². The topological polar surface area (TPSA) is 134 Å². The van der Waals surface area contributed by atoms with Crippen LogP contribution < -0.4 is 24.4 Å². The van der Waals surface area contributed by atoms with Crippen LogP contribution in [0.15, 0.2) is 76.5 Å². The first-order valence-electron chi connectivity index (χ1n) is 12.1. The van der Waals surface area contributed by atoms with Gasteiger partial charge in [-0.05, 0) is 74.4 Å². The minimum Gasteiger partial charge on any atom is -0.497 e. The third-order valence-corrected chi connectivity index (χ3v) is 9.45. The Morgan fingerprint density at radius 1 is 0.897 bits per heavy atom. The number of hydrogen-bond donors (Lipinski definition) is 3. The fraction of sp³-hybridized carbons (Fsp3) is 0.269. The SMILES string of the molecule is COc1ccc(S(=O)(=O)NC(C)C(=O)Nc2cc(S(=O)(=O)Nc3ccccc3Cl)ccc2N2CCCC2)cc1. The number of halogens is 1. The van der Waals surface area contributed by atoms with E-state index >= 15 is 0 Å². The van der Waals surface area contributed by atoms with E-state index in [4.69, 9.17) is 16.3 Å². The molecule has 3 aromatic rings. The summed E-state index contributed by atoms with van der Waals surface area (Å²) < 4.78 is 61.8. The number of sulfonamides is 2. The van der Waals surface area contributed by atoms with Crippen LogP contribution in [0.4, 0.5) is 17.1 Å². The maximum absolute atomic E-state index is 13.2. The first kappa shape index (κ1) is 28.7. The predicted octanol–water partition coefficient (Wildman–Crippen LogP) is 4.06. The number of anilines is 3. The molecule has 0 aromatic heterocycles. The second-order valence-electron chi connectivity index (χ2n) is 8.97. The molecule has 0 radical (unpaired) electrons. The van der Waals surface area contributed by atoms with Crippen molar-refractivity contribution in [3.8, 4) is 5.75 Å². The van der Waals surface area contributed by atoms with Gasteiger partial charge in [0.1, 0.15) is 5.75 Å². The number of nitrogens with zero attached hydrogens (tertiary/aromatic N) is 1. The van der Waals surface area contributed by atoms with E-state index < -0.39 is 32.0 Å². The summed E-state index contributed by atoms with van der Waals surface area (Å²) in [5.74, 6) is -0.158. The number of carbonyl (C=O) groups is 1. The number of rotatable bonds is 10. The third-order valence-electron chi connectivity index (χ3n) is 6.20. The number of nitrogens with one attached hydrogen (secondary N) is 3. The minimum atomic E-state index is -4.05. The summed E-state index contributed by atoms with van der Waals surface area (Å²) in [6.45, 7) is 2.89. The lowest BCUT2D eigenvalue weighted by Crippen LogP contribution is -2.41. The van der Waals surface area contributed by atoms with Crippen LogP contribution in [-0.4, -0.2) is 49.0 Å². The van der Waals surface area contributed by atoms with E-state index in [1.165, 1.54) is 56.5 Å². The second kappa shape index (κ2) is 11.8. The Bertz CT molecular complexity index is 1560. The van der Waals surface area contributed by atoms with Gasteiger partial charge in [-0.25, -0.2) is 16.8 Å². The van der Waals surface area contributed by atoms with Crippen molar-refractivity contribution < 1.29 is 26.4 Å². The molecular weight excluding hydrogens is 564 g/mol. The lowest BCUT2D eigenvalue weighted by Gasteiger charge is -2.23. The van der Waals surface area contributed by atoms with E-state index in [2.05, 4.69) is 14.8 Å². The molecule has 1 aliphatic rings. The van der Waals surface area contributed by atoms with Crippen LogP contribution in [0.1, 0.15) is 19.8 Å². The zero-order chi connectivity index (χ0) is 28.2. The Kier molecular flexibility index (Phi) is 8.70. The van der Waals surface area contributed by atoms with Gasteiger partial charge in [-0.1, -0.05) is 23.7 Å². The molecule has 1 unspecified atom stereocenters. The highest BCUT2D eigenvalue weighted by Crippen LogP contribution is 2.33. The summed E-state index contributed by atoms with van der Waals surface area (Å²) in [5, 5.41) is 2.96. The van der Waals surface area contributed by atoms with Crippen LogP contribution >= 0.6 is 11.6 Å². The molecule has 208 valence electrons. The van der Waals surface area contributed by atoms with Gasteiger partial charge in [-0.15, -0.1) is 0 Å². The monoisotopic (exact) mass is 592 g/mol. The molecule has 0 spiro atoms. The Morgan fingerprint density at radius 3 is 2.18 bits per heavy atom. The molecule has 4 rings (SSSR count). The molecule has 1 heterocycles. The summed E-state index contributed by atoms with van der Waals surface area (Å²) >= 11 is 6.12. The first-order chi connectivity index (χ1) is 18.5. The molecule has 3 aromatic carbocycles. The summed E-state index contributed by atoms with van der Waals surface area (Å²) in [7, 11) is -6.59. The van der Waals surface area contributed by atoms with Gasteiger partial charge in [-0.2, -0.15) is 4.72 Å². The maximum Gasteiger partial charge on any atom is 0.262 e. The highest BCUT2D eigenvalue weighted by Gasteiger charge is 2.26. The zero-order valence-electron chi connectivity index (χ0n) is 21.3. The van der Waals surface area contributed by atoms with Crippen molar-refractivity contribution in [3.05, 3.63) is 71.8 Å². The Labute approximate surface area is 233 Å². The number of hydrogen-bond acceptors (Lipinski definition) is 7. The van der Waals surface area contributed by atoms with E-state index in [0.717, 1.165) is 25.9 Å². The molecule has 13 heteroatoms. The number of carbonyl (C=O) groups excluding carboxylic acids is 1. The molecule has 0 bridgehead atoms. The normalized spacial score (nSPS) is 14.6. The van der Waals surface area contributed by atoms with E-state index in [1.54, 1.807) is 24.3 Å². The van der Waals surface area contributed by atoms with Crippen LogP contribution in [0.3, 0.4) is 0 Å². The molecule has 3 N–H and O–H groups in total. The quantitative estimate of drug-likeness (QED) is 0.323. The molecule has 1 amide bonds. The molecule has 0 saturated carbocycles. The van der Waals surface area contributed by atoms with Gasteiger partial charge in [0.2, 0.25) is 15.9 Å². The smallest absolute Gasteiger partial charge is 0.262 e. The minimum absolute atomic E-state index is 0.0283. The van der Waals surface area contributed by atoms with Gasteiger partial charge < -0.3 is 15.0 Å². The largest absolute Gasteiger partial charge is 0.497 e. The maximum atomic E-state index is 13.2. The molecule has 1 aliphatic heterocycles. The van der Waals surface area contributed by atoms with Gasteiger partial charge in [0.25, 0.3) is 10.0 Å². The van der Waals surface area contributed by atoms with Crippen LogP contribution in [0, 0.1) is 0 Å². The molecule has 1 atom stereocenters. The van der Waals surface area contributed by atoms with E-state index in [9.17, 15) is 21.6 Å². The fourth-order valence-electron chi connectivity index (χ4n) is 4.11. The molecule has 39 heavy (non-hydrogen) atoms. The number of amides is 1. The average Bonchev–Trinajstić information content (AvgIpc) is 3.44. The zero-order valence-corrected chi connectivity index (χ0v) is 23.7. The Morgan fingerprint density at radius 2 is 1.54 bits per heavy atom. The van der Waals surface area contributed by atoms with Crippen molar-refractivity contribution in [2.24, 2.45) is 0 Å². The van der Waals surface area contributed by atoms with Crippen molar-refractivity contribution in [1.82, 2.24) is 4.72 Å². The second-order valence-corrected chi connectivity index (χ2v) is 12.8. The highest BCUT2D eigenvalue weighted by molar-refractivity contribution is 7.92. The summed E-state index contributed by atoms with van der Waals surface area (Å²) in [5.41, 5.74) is 1.11. The number of para-hydroxylation sites is 1. The summed E-state index contributed by atoms with van der Waals surface area (Å²) in [6.07, 6.45) is 1.92. The Hall–Kier alpha value is -3.32. The van der Waals surface area contributed by atoms with Crippen molar-refractivity contribution in [2.75, 3.05) is 35.1 Å². The van der Waals surface area contributed by atoms with Crippen molar-refractivity contribution in [3.63, 3.8) is 0 Å². The van der Waals surface area contributed by atoms with Crippen molar-refractivity contribution in [1.29, 1.82) is 0 Å². The summed E-state index contributed by atoms with van der Waals surface area (Å²) in [4.78, 5) is 15.0. The van der Waals surface area contributed by atoms with Crippen molar-refractivity contribution in [2.45, 2.75) is 35.6 Å². The van der Waals surface area contributed by atoms with Crippen molar-refractivity contribution >= 4 is 54.6 Å². The molecular formula is C26H29ClN4O6S2. The fourth-order valence-corrected chi connectivity index (χ4v) is 6.66. The average molecular weight is 593 g/mol. The lowest BCUT2D eigenvalue weighted by molar-refractivity contribution is -0.117. The molecule has 1 saturated heterocycles. The van der Waals surface area contributed by atoms with Crippen LogP contribution in [0.2, 0.25) is 5.02 Å². The number of benzene rings is 3. The Balaban J connectivity index is 1.58. The van der Waals surface area contributed by atoms with E-state index in [-0.39, 0.29) is 26.2 Å². The van der Waals surface area contributed by atoms with Gasteiger partial charge in [0, 0.05) is 13.1 Å². The van der Waals surface area contributed by atoms with E-state index in [0.29, 0.717) is 11.4 Å². The van der Waals surface area contributed by atoms with Crippen LogP contribution in [0.5, 0.6) is 5.75 Å². The first-order valence-corrected chi connectivity index (χ1v) is 15.5. The summed E-state index contributed by atoms with van der Waals surface area (Å²) in [6, 6.07) is 15.5. The van der Waals surface area contributed by atoms with Crippen LogP contribution in [-0.2, 0) is 24.8 Å². The van der Waals surface area contributed by atoms with E-state index in [1.807, 2.05) is 4.90 Å². The highest BCUT2D eigenvalue weighted by atomic mass is 35.5. The van der Waals surface area contributed by atoms with Crippen LogP contribution in [0.25, 0.3) is 0 Å². The molecule has 1 fully saturated rings. The van der Waals surface area contributed by atoms with Gasteiger partial charge in [0.15, 0.2) is 0 Å². The number of methoxy groups -OCH3 is 1. The van der Waals surface area contributed by atoms with Gasteiger partial charge in [0.05, 0.1) is 45.0 Å². The number of ether oxygens (including phenoxy) is 1. The molecule has 0 aliphatic carbocycles. The van der Waals surface area contributed by atoms with Gasteiger partial charge in [-0.3, -0.25) is 9.52 Å². The lowest BCUT2D eigenvalue weighted by atomic mass is 10.2. The predicted molar refractivity (Wildman–Crippen MR) is 152 cm³/mol. The standard InChI is InChI=1S/C26H29ClN4O6S2/c1-18(29-38(33,34)20-11-9-19(37-2)10-12-20)26(32)28-24-17-21(13-14-25(24)31-15-5-6-16-31)39(35,36)30-23-8-4-3-7-22(23)27/h3-4,7-14,17-18,29-30H,5-6,15-16H2,1-2H3,(H,28,32). The molecule has 10 nitrogen and oxygen atoms in total.